The van der Waals surface area contributed by atoms with E-state index in [1.807, 2.05) is 183 Å². The Balaban J connectivity index is 0.000000125. The summed E-state index contributed by atoms with van der Waals surface area (Å²) in [5, 5.41) is 4.40. The Kier molecular flexibility index (Phi) is 31.7. The van der Waals surface area contributed by atoms with Crippen molar-refractivity contribution in [3.63, 3.8) is 0 Å². The van der Waals surface area contributed by atoms with E-state index in [1.165, 1.54) is 70.4 Å². The van der Waals surface area contributed by atoms with Crippen LogP contribution >= 0.6 is 68.3 Å². The summed E-state index contributed by atoms with van der Waals surface area (Å²) in [5.41, 5.74) is 10.4. The van der Waals surface area contributed by atoms with E-state index in [0.717, 1.165) is 89.8 Å². The average molecular weight is 2090 g/mol. The molecule has 21 rings (SSSR count). The van der Waals surface area contributed by atoms with Gasteiger partial charge in [0.25, 0.3) is 0 Å². The molecule has 0 radical (unpaired) electrons. The standard InChI is InChI=1S/C24H26N2O3S.C23H17ClN2O2S.C22H22N2O3S.C21H17F3N2O3S.C20H15F3N2O3S/c1-15-23(16-7-9-17(10-8-16)29-24(2,3)4)30-22(25-15)14-21(28)19-11-12-20(27)18-6-5-13-26(18)19;24-16-6-3-14(4-7-16)15-5-8-17-22(12-15)29-23(25-17)13-21(28)19-9-10-20(27)18-2-1-11-26(18)19;1-14(2)27-16-7-5-15(6-8-16)21-13-23-22(28-21)12-20(26)18-9-10-19(25)17-4-3-11-24(17)18;22-21(23,24)12-29-14-5-3-13(4-6-14)19-11-25-20(30-19)10-18(28)16-7-8-17(27)15-2-1-9-26(15)16;21-20(22,23)28-13-5-3-12(4-6-13)18-11-24-19(29-18)10-17(27)15-7-8-16(26)14-2-1-9-25(14)15/h5-10,13,19H,11-12,14H2,1-4H3;1-8,11-12,19H,9-10,13H2;3-8,11,13-14,18H,9-10,12H2,1-2H3;1-6,9,11,16H,7-8,10,12H2;1-6,9,11,15H,7-8,10H2. The third-order valence-electron chi connectivity index (χ3n) is 24.8. The Hall–Kier alpha value is -14.1. The van der Waals surface area contributed by atoms with Crippen molar-refractivity contribution >= 4 is 136 Å². The van der Waals surface area contributed by atoms with E-state index in [2.05, 4.69) is 35.7 Å². The maximum atomic E-state index is 13.0. The molecule has 6 aromatic carbocycles. The number of carbonyl (C=O) groups is 10. The number of nitrogens with zero attached hydrogens (tertiary/aromatic N) is 10. The number of Topliss-reactive ketones (excluding diaryl/α,β-unsaturated/α-hetero) is 10. The lowest BCUT2D eigenvalue weighted by molar-refractivity contribution is -0.274. The van der Waals surface area contributed by atoms with E-state index in [0.29, 0.717) is 113 Å². The highest BCUT2D eigenvalue weighted by molar-refractivity contribution is 7.18. The van der Waals surface area contributed by atoms with Gasteiger partial charge in [0.15, 0.2) is 64.4 Å². The molecule has 5 aliphatic rings. The Morgan fingerprint density at radius 2 is 0.705 bits per heavy atom. The zero-order valence-corrected chi connectivity index (χ0v) is 84.7. The quantitative estimate of drug-likeness (QED) is 0.0455. The highest BCUT2D eigenvalue weighted by atomic mass is 35.5. The molecule has 0 aliphatic carbocycles. The number of fused-ring (bicyclic) bond motifs is 6. The van der Waals surface area contributed by atoms with E-state index in [1.54, 1.807) is 111 Å². The van der Waals surface area contributed by atoms with E-state index in [4.69, 9.17) is 25.8 Å². The number of hydrogen-bond donors (Lipinski definition) is 0. The second-order valence-corrected chi connectivity index (χ2v) is 42.7. The SMILES string of the molecule is CC(C)Oc1ccc(-c2cnc(CC(=O)C3CCC(=O)c4cccn43)s2)cc1.Cc1nc(CC(=O)C2CCC(=O)c3cccn32)sc1-c1ccc(OC(C)(C)C)cc1.O=C1CCC(C(=O)Cc2nc3ccc(-c4ccc(Cl)cc4)cc3s2)n2cccc21.O=C1CCC(C(=O)Cc2ncc(-c3ccc(OC(F)(F)F)cc3)s2)n2cccc21.O=C1CCC(C(=O)Cc2ncc(-c3ccc(OCC(F)(F)F)cc3)s2)n2cccc21. The zero-order chi connectivity index (χ0) is 103. The zero-order valence-electron chi connectivity index (χ0n) is 79.8. The number of hydrogen-bond acceptors (Lipinski definition) is 24. The van der Waals surface area contributed by atoms with E-state index >= 15 is 0 Å². The predicted octanol–water partition coefficient (Wildman–Crippen LogP) is 25.6. The van der Waals surface area contributed by atoms with Gasteiger partial charge in [-0.25, -0.2) is 24.9 Å². The summed E-state index contributed by atoms with van der Waals surface area (Å²) in [5.74, 6) is 2.19. The van der Waals surface area contributed by atoms with Gasteiger partial charge in [-0.05, 0) is 289 Å². The summed E-state index contributed by atoms with van der Waals surface area (Å²) in [4.78, 5) is 150. The van der Waals surface area contributed by atoms with E-state index in [9.17, 15) is 74.3 Å². The third kappa shape index (κ3) is 25.5. The van der Waals surface area contributed by atoms with Gasteiger partial charge in [0.2, 0.25) is 0 Å². The lowest BCUT2D eigenvalue weighted by Gasteiger charge is -2.24. The maximum absolute atomic E-state index is 13.0. The monoisotopic (exact) mass is 2090 g/mol. The Labute approximate surface area is 860 Å². The molecule has 5 unspecified atom stereocenters. The fraction of sp³-hybridized carbons (Fsp3) is 0.282. The minimum absolute atomic E-state index is 0.00301. The summed E-state index contributed by atoms with van der Waals surface area (Å²) in [6, 6.07) is 57.8. The van der Waals surface area contributed by atoms with Crippen LogP contribution in [0, 0.1) is 6.92 Å². The van der Waals surface area contributed by atoms with Gasteiger partial charge in [0.1, 0.15) is 53.6 Å². The molecule has 36 heteroatoms. The molecule has 10 aromatic heterocycles. The molecular weight excluding hydrogens is 2000 g/mol. The molecule has 146 heavy (non-hydrogen) atoms. The molecule has 0 N–H and O–H groups in total. The van der Waals surface area contributed by atoms with Crippen molar-refractivity contribution in [3.05, 3.63) is 314 Å². The van der Waals surface area contributed by atoms with Gasteiger partial charge in [0, 0.05) is 86.7 Å². The first-order valence-electron chi connectivity index (χ1n) is 47.2. The minimum Gasteiger partial charge on any atom is -0.491 e. The molecule has 0 saturated heterocycles. The van der Waals surface area contributed by atoms with Gasteiger partial charge >= 0.3 is 12.5 Å². The van der Waals surface area contributed by atoms with Gasteiger partial charge in [-0.1, -0.05) is 29.8 Å². The number of benzene rings is 6. The molecule has 16 aromatic rings. The fourth-order valence-electron chi connectivity index (χ4n) is 18.0. The van der Waals surface area contributed by atoms with Crippen molar-refractivity contribution in [2.45, 2.75) is 192 Å². The number of carbonyl (C=O) groups excluding carboxylic acids is 10. The average Bonchev–Trinajstić information content (AvgIpc) is 1.65. The molecule has 750 valence electrons. The number of rotatable bonds is 26. The predicted molar refractivity (Wildman–Crippen MR) is 548 cm³/mol. The number of aryl methyl sites for hydroxylation is 1. The van der Waals surface area contributed by atoms with Crippen LogP contribution in [0.5, 0.6) is 23.0 Å². The number of alkyl halides is 6. The van der Waals surface area contributed by atoms with Gasteiger partial charge in [-0.15, -0.1) is 69.9 Å². The topological polar surface area (TPSA) is 297 Å². The molecule has 0 spiro atoms. The summed E-state index contributed by atoms with van der Waals surface area (Å²) in [7, 11) is 0. The molecule has 5 aliphatic heterocycles. The smallest absolute Gasteiger partial charge is 0.491 e. The third-order valence-corrected chi connectivity index (χ3v) is 30.4. The van der Waals surface area contributed by atoms with Crippen molar-refractivity contribution in [2.24, 2.45) is 0 Å². The van der Waals surface area contributed by atoms with E-state index in [-0.39, 0.29) is 143 Å². The van der Waals surface area contributed by atoms with Gasteiger partial charge in [-0.2, -0.15) is 13.2 Å². The number of ketones is 10. The van der Waals surface area contributed by atoms with Crippen molar-refractivity contribution in [2.75, 3.05) is 6.61 Å². The summed E-state index contributed by atoms with van der Waals surface area (Å²) < 4.78 is 104. The number of ether oxygens (including phenoxy) is 4. The highest BCUT2D eigenvalue weighted by Gasteiger charge is 2.38. The molecule has 24 nitrogen and oxygen atoms in total. The largest absolute Gasteiger partial charge is 0.573 e. The van der Waals surface area contributed by atoms with Crippen LogP contribution in [0.15, 0.2) is 250 Å². The summed E-state index contributed by atoms with van der Waals surface area (Å²) in [6.07, 6.45) is 10.8. The maximum Gasteiger partial charge on any atom is 0.573 e. The van der Waals surface area contributed by atoms with Crippen LogP contribution in [-0.4, -0.2) is 136 Å². The van der Waals surface area contributed by atoms with Crippen LogP contribution in [-0.2, 0) is 56.1 Å². The Bertz CT molecular complexity index is 7500. The molecule has 0 saturated carbocycles. The van der Waals surface area contributed by atoms with Crippen LogP contribution < -0.4 is 18.9 Å². The highest BCUT2D eigenvalue weighted by Crippen LogP contribution is 2.41. The first-order valence-corrected chi connectivity index (χ1v) is 51.7. The van der Waals surface area contributed by atoms with Crippen LogP contribution in [0.1, 0.15) is 212 Å². The van der Waals surface area contributed by atoms with E-state index < -0.39 is 19.1 Å². The fourth-order valence-corrected chi connectivity index (χ4v) is 23.1. The van der Waals surface area contributed by atoms with Crippen LogP contribution in [0.2, 0.25) is 5.02 Å². The van der Waals surface area contributed by atoms with Gasteiger partial charge in [-0.3, -0.25) is 47.9 Å². The second kappa shape index (κ2) is 44.9. The molecule has 0 fully saturated rings. The number of thiazole rings is 5. The molecule has 0 bridgehead atoms. The first-order chi connectivity index (χ1) is 69.9. The van der Waals surface area contributed by atoms with Crippen LogP contribution in [0.25, 0.3) is 63.1 Å². The Morgan fingerprint density at radius 3 is 1.05 bits per heavy atom. The lowest BCUT2D eigenvalue weighted by Crippen LogP contribution is -2.28. The van der Waals surface area contributed by atoms with Gasteiger partial charge in [0.05, 0.1) is 132 Å². The minimum atomic E-state index is -4.73. The van der Waals surface area contributed by atoms with Gasteiger partial charge < -0.3 is 41.8 Å². The summed E-state index contributed by atoms with van der Waals surface area (Å²) >= 11 is 13.3. The molecule has 15 heterocycles. The van der Waals surface area contributed by atoms with Crippen molar-refractivity contribution < 1.29 is 93.2 Å². The van der Waals surface area contributed by atoms with Crippen LogP contribution in [0.3, 0.4) is 0 Å². The number of halogens is 7. The molecular formula is C110H97ClF6N10O14S5. The lowest BCUT2D eigenvalue weighted by atomic mass is 9.97. The molecule has 5 atom stereocenters. The molecule has 0 amide bonds. The first kappa shape index (κ1) is 103. The van der Waals surface area contributed by atoms with Crippen molar-refractivity contribution in [1.82, 2.24) is 47.8 Å². The number of aromatic nitrogens is 10. The van der Waals surface area contributed by atoms with Crippen molar-refractivity contribution in [3.8, 4) is 75.9 Å². The van der Waals surface area contributed by atoms with Crippen molar-refractivity contribution in [1.29, 1.82) is 0 Å². The second-order valence-electron chi connectivity index (χ2n) is 36.7. The van der Waals surface area contributed by atoms with Crippen LogP contribution in [0.4, 0.5) is 26.3 Å². The Morgan fingerprint density at radius 1 is 0.384 bits per heavy atom. The normalized spacial score (nSPS) is 16.3. The summed E-state index contributed by atoms with van der Waals surface area (Å²) in [6.45, 7) is 10.7.